The van der Waals surface area contributed by atoms with E-state index in [0.29, 0.717) is 12.4 Å². The molecule has 0 unspecified atom stereocenters. The molecule has 0 atom stereocenters. The molecule has 3 aromatic rings. The normalized spacial score (nSPS) is 11.2. The van der Waals surface area contributed by atoms with Crippen molar-refractivity contribution in [1.29, 1.82) is 0 Å². The summed E-state index contributed by atoms with van der Waals surface area (Å²) in [6.07, 6.45) is 2.54. The van der Waals surface area contributed by atoms with Crippen molar-refractivity contribution >= 4 is 22.6 Å². The third kappa shape index (κ3) is 2.76. The van der Waals surface area contributed by atoms with E-state index in [9.17, 15) is 0 Å². The SMILES string of the molecule is Cc1nccc(Cn2c(CCCl)nc3c(C)cccc32)n1. The minimum Gasteiger partial charge on any atom is -0.322 e. The lowest BCUT2D eigenvalue weighted by Crippen LogP contribution is -2.08. The fourth-order valence-corrected chi connectivity index (χ4v) is 2.71. The largest absolute Gasteiger partial charge is 0.322 e. The molecular weight excluding hydrogens is 284 g/mol. The Morgan fingerprint density at radius 3 is 2.76 bits per heavy atom. The molecule has 2 aromatic heterocycles. The molecule has 0 aliphatic carbocycles. The molecule has 0 aliphatic rings. The van der Waals surface area contributed by atoms with E-state index < -0.39 is 0 Å². The monoisotopic (exact) mass is 300 g/mol. The molecule has 108 valence electrons. The van der Waals surface area contributed by atoms with Crippen LogP contribution in [-0.4, -0.2) is 25.4 Å². The zero-order valence-electron chi connectivity index (χ0n) is 12.2. The predicted molar refractivity (Wildman–Crippen MR) is 84.8 cm³/mol. The van der Waals surface area contributed by atoms with Crippen LogP contribution in [0.4, 0.5) is 0 Å². The summed E-state index contributed by atoms with van der Waals surface area (Å²) in [6, 6.07) is 8.19. The van der Waals surface area contributed by atoms with E-state index in [1.54, 1.807) is 6.20 Å². The first-order valence-corrected chi connectivity index (χ1v) is 7.51. The second-order valence-electron chi connectivity index (χ2n) is 5.09. The van der Waals surface area contributed by atoms with E-state index in [1.165, 1.54) is 5.56 Å². The molecule has 0 bridgehead atoms. The molecule has 3 rings (SSSR count). The van der Waals surface area contributed by atoms with Gasteiger partial charge in [0.25, 0.3) is 0 Å². The van der Waals surface area contributed by atoms with Crippen LogP contribution < -0.4 is 0 Å². The van der Waals surface area contributed by atoms with Crippen LogP contribution in [0.25, 0.3) is 11.0 Å². The van der Waals surface area contributed by atoms with E-state index in [2.05, 4.69) is 39.7 Å². The van der Waals surface area contributed by atoms with Crippen molar-refractivity contribution in [2.75, 3.05) is 5.88 Å². The second kappa shape index (κ2) is 5.82. The quantitative estimate of drug-likeness (QED) is 0.695. The summed E-state index contributed by atoms with van der Waals surface area (Å²) in [6.45, 7) is 4.67. The molecule has 2 heterocycles. The van der Waals surface area contributed by atoms with E-state index in [4.69, 9.17) is 16.6 Å². The minimum atomic E-state index is 0.561. The standard InChI is InChI=1S/C16H17ClN4/c1-11-4-3-5-14-16(11)20-15(6-8-17)21(14)10-13-7-9-18-12(2)19-13/h3-5,7,9H,6,8,10H2,1-2H3. The average molecular weight is 301 g/mol. The molecule has 0 fully saturated rings. The van der Waals surface area contributed by atoms with Crippen LogP contribution in [0.15, 0.2) is 30.5 Å². The Labute approximate surface area is 128 Å². The number of benzene rings is 1. The van der Waals surface area contributed by atoms with Gasteiger partial charge in [-0.2, -0.15) is 0 Å². The first-order valence-electron chi connectivity index (χ1n) is 6.98. The Kier molecular flexibility index (Phi) is 3.88. The molecule has 5 heteroatoms. The van der Waals surface area contributed by atoms with Gasteiger partial charge in [0.05, 0.1) is 23.3 Å². The fraction of sp³-hybridized carbons (Fsp3) is 0.312. The summed E-state index contributed by atoms with van der Waals surface area (Å²) >= 11 is 5.92. The van der Waals surface area contributed by atoms with E-state index >= 15 is 0 Å². The zero-order chi connectivity index (χ0) is 14.8. The van der Waals surface area contributed by atoms with E-state index in [0.717, 1.165) is 34.8 Å². The summed E-state index contributed by atoms with van der Waals surface area (Å²) in [4.78, 5) is 13.4. The van der Waals surface area contributed by atoms with Crippen molar-refractivity contribution in [3.05, 3.63) is 53.4 Å². The van der Waals surface area contributed by atoms with Gasteiger partial charge in [0.15, 0.2) is 0 Å². The van der Waals surface area contributed by atoms with Crippen molar-refractivity contribution < 1.29 is 0 Å². The summed E-state index contributed by atoms with van der Waals surface area (Å²) < 4.78 is 2.20. The summed E-state index contributed by atoms with van der Waals surface area (Å²) in [7, 11) is 0. The highest BCUT2D eigenvalue weighted by Gasteiger charge is 2.12. The van der Waals surface area contributed by atoms with Crippen LogP contribution in [-0.2, 0) is 13.0 Å². The molecule has 0 saturated heterocycles. The Balaban J connectivity index is 2.11. The van der Waals surface area contributed by atoms with Gasteiger partial charge in [-0.1, -0.05) is 12.1 Å². The molecule has 0 N–H and O–H groups in total. The number of para-hydroxylation sites is 1. The van der Waals surface area contributed by atoms with Crippen LogP contribution in [0.3, 0.4) is 0 Å². The molecule has 0 radical (unpaired) electrons. The summed E-state index contributed by atoms with van der Waals surface area (Å²) in [5.74, 6) is 2.35. The number of halogens is 1. The van der Waals surface area contributed by atoms with E-state index in [-0.39, 0.29) is 0 Å². The maximum absolute atomic E-state index is 5.92. The maximum Gasteiger partial charge on any atom is 0.125 e. The van der Waals surface area contributed by atoms with Gasteiger partial charge in [-0.3, -0.25) is 0 Å². The van der Waals surface area contributed by atoms with Gasteiger partial charge in [0.2, 0.25) is 0 Å². The molecule has 0 saturated carbocycles. The maximum atomic E-state index is 5.92. The Morgan fingerprint density at radius 1 is 1.14 bits per heavy atom. The van der Waals surface area contributed by atoms with Gasteiger partial charge in [0, 0.05) is 18.5 Å². The van der Waals surface area contributed by atoms with Gasteiger partial charge in [-0.25, -0.2) is 15.0 Å². The van der Waals surface area contributed by atoms with Crippen LogP contribution in [0.2, 0.25) is 0 Å². The third-order valence-corrected chi connectivity index (χ3v) is 3.72. The molecular formula is C16H17ClN4. The number of imidazole rings is 1. The highest BCUT2D eigenvalue weighted by molar-refractivity contribution is 6.17. The molecule has 4 nitrogen and oxygen atoms in total. The van der Waals surface area contributed by atoms with Crippen LogP contribution in [0.1, 0.15) is 22.9 Å². The molecule has 21 heavy (non-hydrogen) atoms. The van der Waals surface area contributed by atoms with Gasteiger partial charge >= 0.3 is 0 Å². The lowest BCUT2D eigenvalue weighted by atomic mass is 10.2. The number of aryl methyl sites for hydroxylation is 3. The fourth-order valence-electron chi connectivity index (χ4n) is 2.54. The lowest BCUT2D eigenvalue weighted by Gasteiger charge is -2.08. The number of rotatable bonds is 4. The van der Waals surface area contributed by atoms with Crippen molar-refractivity contribution in [2.45, 2.75) is 26.8 Å². The smallest absolute Gasteiger partial charge is 0.125 e. The molecule has 1 aromatic carbocycles. The number of aromatic nitrogens is 4. The Hall–Kier alpha value is -1.94. The number of nitrogens with zero attached hydrogens (tertiary/aromatic N) is 4. The second-order valence-corrected chi connectivity index (χ2v) is 5.47. The molecule has 0 spiro atoms. The Bertz CT molecular complexity index is 779. The first-order chi connectivity index (χ1) is 10.2. The topological polar surface area (TPSA) is 43.6 Å². The molecule has 0 aliphatic heterocycles. The number of fused-ring (bicyclic) bond motifs is 1. The van der Waals surface area contributed by atoms with Crippen LogP contribution in [0.5, 0.6) is 0 Å². The summed E-state index contributed by atoms with van der Waals surface area (Å²) in [5.41, 5.74) is 4.34. The van der Waals surface area contributed by atoms with Gasteiger partial charge in [-0.15, -0.1) is 11.6 Å². The van der Waals surface area contributed by atoms with Gasteiger partial charge in [0.1, 0.15) is 11.6 Å². The zero-order valence-corrected chi connectivity index (χ0v) is 12.9. The highest BCUT2D eigenvalue weighted by Crippen LogP contribution is 2.21. The number of alkyl halides is 1. The summed E-state index contributed by atoms with van der Waals surface area (Å²) in [5, 5.41) is 0. The van der Waals surface area contributed by atoms with Crippen molar-refractivity contribution in [2.24, 2.45) is 0 Å². The lowest BCUT2D eigenvalue weighted by molar-refractivity contribution is 0.731. The van der Waals surface area contributed by atoms with Crippen molar-refractivity contribution in [1.82, 2.24) is 19.5 Å². The van der Waals surface area contributed by atoms with Gasteiger partial charge in [-0.05, 0) is 31.5 Å². The average Bonchev–Trinajstić information content (AvgIpc) is 2.79. The van der Waals surface area contributed by atoms with Crippen molar-refractivity contribution in [3.63, 3.8) is 0 Å². The predicted octanol–water partition coefficient (Wildman–Crippen LogP) is 3.27. The Morgan fingerprint density at radius 2 is 2.00 bits per heavy atom. The van der Waals surface area contributed by atoms with Crippen molar-refractivity contribution in [3.8, 4) is 0 Å². The van der Waals surface area contributed by atoms with Crippen LogP contribution in [0, 0.1) is 13.8 Å². The number of hydrogen-bond acceptors (Lipinski definition) is 3. The minimum absolute atomic E-state index is 0.561. The highest BCUT2D eigenvalue weighted by atomic mass is 35.5. The van der Waals surface area contributed by atoms with E-state index in [1.807, 2.05) is 13.0 Å². The number of hydrogen-bond donors (Lipinski definition) is 0. The first kappa shape index (κ1) is 14.0. The third-order valence-electron chi connectivity index (χ3n) is 3.53. The van der Waals surface area contributed by atoms with Gasteiger partial charge < -0.3 is 4.57 Å². The molecule has 0 amide bonds. The van der Waals surface area contributed by atoms with Crippen LogP contribution >= 0.6 is 11.6 Å².